The summed E-state index contributed by atoms with van der Waals surface area (Å²) in [4.78, 5) is 19.7. The largest absolute Gasteiger partial charge is 0.459 e. The Hall–Kier alpha value is -2.49. The standard InChI is InChI=1S/C21H23N3O4S2/c25-20(23-21-22-17(14-29-21)13-24-10-5-2-6-11-24)19-16(9-12-28-19)15-30(26,27)18-7-3-1-4-8-18/h1,3-4,7-9,12,14H,2,5-6,10-11,13,15H2,(H,22,23,25). The lowest BCUT2D eigenvalue weighted by Gasteiger charge is -2.25. The Kier molecular flexibility index (Phi) is 6.31. The second-order valence-corrected chi connectivity index (χ2v) is 10.1. The fourth-order valence-corrected chi connectivity index (χ4v) is 5.57. The van der Waals surface area contributed by atoms with E-state index in [9.17, 15) is 13.2 Å². The van der Waals surface area contributed by atoms with Crippen LogP contribution in [-0.2, 0) is 22.1 Å². The molecule has 1 fully saturated rings. The van der Waals surface area contributed by atoms with Gasteiger partial charge in [-0.05, 0) is 44.1 Å². The number of piperidine rings is 1. The Morgan fingerprint density at radius 1 is 1.13 bits per heavy atom. The number of sulfone groups is 1. The lowest BCUT2D eigenvalue weighted by molar-refractivity contribution is 0.0995. The van der Waals surface area contributed by atoms with E-state index in [1.165, 1.54) is 55.1 Å². The summed E-state index contributed by atoms with van der Waals surface area (Å²) >= 11 is 1.35. The Bertz CT molecular complexity index is 1100. The number of nitrogens with zero attached hydrogens (tertiary/aromatic N) is 2. The maximum absolute atomic E-state index is 12.7. The van der Waals surface area contributed by atoms with Crippen LogP contribution in [0, 0.1) is 0 Å². The van der Waals surface area contributed by atoms with E-state index in [1.807, 2.05) is 5.38 Å². The zero-order valence-corrected chi connectivity index (χ0v) is 18.0. The van der Waals surface area contributed by atoms with Crippen molar-refractivity contribution in [3.63, 3.8) is 0 Å². The molecule has 1 aromatic carbocycles. The van der Waals surface area contributed by atoms with Crippen molar-refractivity contribution in [2.24, 2.45) is 0 Å². The van der Waals surface area contributed by atoms with Crippen LogP contribution in [0.1, 0.15) is 41.1 Å². The number of anilines is 1. The van der Waals surface area contributed by atoms with E-state index in [0.29, 0.717) is 10.7 Å². The van der Waals surface area contributed by atoms with E-state index in [2.05, 4.69) is 15.2 Å². The predicted octanol–water partition coefficient (Wildman–Crippen LogP) is 3.95. The van der Waals surface area contributed by atoms with E-state index in [0.717, 1.165) is 25.3 Å². The highest BCUT2D eigenvalue weighted by molar-refractivity contribution is 7.90. The van der Waals surface area contributed by atoms with Crippen molar-refractivity contribution in [3.05, 3.63) is 65.1 Å². The lowest BCUT2D eigenvalue weighted by Crippen LogP contribution is -2.29. The van der Waals surface area contributed by atoms with Crippen LogP contribution >= 0.6 is 11.3 Å². The lowest BCUT2D eigenvalue weighted by atomic mass is 10.1. The van der Waals surface area contributed by atoms with Crippen LogP contribution in [0.3, 0.4) is 0 Å². The summed E-state index contributed by atoms with van der Waals surface area (Å²) in [6.07, 6.45) is 5.02. The average Bonchev–Trinajstić information content (AvgIpc) is 3.38. The molecular formula is C21H23N3O4S2. The molecule has 0 bridgehead atoms. The van der Waals surface area contributed by atoms with Crippen molar-refractivity contribution in [1.29, 1.82) is 0 Å². The smallest absolute Gasteiger partial charge is 0.293 e. The molecular weight excluding hydrogens is 422 g/mol. The number of amides is 1. The van der Waals surface area contributed by atoms with Crippen LogP contribution in [0.2, 0.25) is 0 Å². The quantitative estimate of drug-likeness (QED) is 0.592. The van der Waals surface area contributed by atoms with Crippen molar-refractivity contribution < 1.29 is 17.6 Å². The van der Waals surface area contributed by atoms with Gasteiger partial charge in [0.2, 0.25) is 0 Å². The molecule has 0 saturated carbocycles. The highest BCUT2D eigenvalue weighted by Crippen LogP contribution is 2.23. The number of aromatic nitrogens is 1. The molecule has 0 radical (unpaired) electrons. The minimum absolute atomic E-state index is 0.0118. The minimum Gasteiger partial charge on any atom is -0.459 e. The molecule has 4 rings (SSSR count). The highest BCUT2D eigenvalue weighted by Gasteiger charge is 2.23. The van der Waals surface area contributed by atoms with Crippen LogP contribution in [0.15, 0.2) is 57.4 Å². The van der Waals surface area contributed by atoms with Crippen molar-refractivity contribution in [1.82, 2.24) is 9.88 Å². The fourth-order valence-electron chi connectivity index (χ4n) is 3.50. The molecule has 0 spiro atoms. The van der Waals surface area contributed by atoms with Gasteiger partial charge < -0.3 is 4.42 Å². The third-order valence-electron chi connectivity index (χ3n) is 5.01. The van der Waals surface area contributed by atoms with Crippen molar-refractivity contribution in [2.75, 3.05) is 18.4 Å². The molecule has 0 aliphatic carbocycles. The van der Waals surface area contributed by atoms with Gasteiger partial charge in [0, 0.05) is 17.5 Å². The maximum Gasteiger partial charge on any atom is 0.293 e. The molecule has 1 aliphatic rings. The number of hydrogen-bond donors (Lipinski definition) is 1. The topological polar surface area (TPSA) is 92.5 Å². The minimum atomic E-state index is -3.58. The van der Waals surface area contributed by atoms with Gasteiger partial charge in [-0.25, -0.2) is 13.4 Å². The zero-order valence-electron chi connectivity index (χ0n) is 16.4. The molecule has 7 nitrogen and oxygen atoms in total. The monoisotopic (exact) mass is 445 g/mol. The molecule has 1 aliphatic heterocycles. The van der Waals surface area contributed by atoms with E-state index in [1.54, 1.807) is 18.2 Å². The molecule has 1 saturated heterocycles. The predicted molar refractivity (Wildman–Crippen MR) is 115 cm³/mol. The van der Waals surface area contributed by atoms with Crippen molar-refractivity contribution in [3.8, 4) is 0 Å². The highest BCUT2D eigenvalue weighted by atomic mass is 32.2. The number of carbonyl (C=O) groups excluding carboxylic acids is 1. The van der Waals surface area contributed by atoms with E-state index < -0.39 is 15.7 Å². The molecule has 9 heteroatoms. The molecule has 1 amide bonds. The first kappa shape index (κ1) is 20.8. The second kappa shape index (κ2) is 9.11. The van der Waals surface area contributed by atoms with Gasteiger partial charge in [0.1, 0.15) is 0 Å². The number of nitrogens with one attached hydrogen (secondary N) is 1. The summed E-state index contributed by atoms with van der Waals surface area (Å²) in [5, 5.41) is 5.14. The van der Waals surface area contributed by atoms with Gasteiger partial charge in [0.05, 0.1) is 22.6 Å². The molecule has 1 N–H and O–H groups in total. The molecule has 30 heavy (non-hydrogen) atoms. The van der Waals surface area contributed by atoms with Crippen LogP contribution in [0.5, 0.6) is 0 Å². The van der Waals surface area contributed by atoms with E-state index >= 15 is 0 Å². The van der Waals surface area contributed by atoms with Crippen molar-refractivity contribution in [2.45, 2.75) is 36.5 Å². The Morgan fingerprint density at radius 3 is 2.67 bits per heavy atom. The number of rotatable bonds is 7. The molecule has 3 heterocycles. The van der Waals surface area contributed by atoms with Crippen molar-refractivity contribution >= 4 is 32.2 Å². The summed E-state index contributed by atoms with van der Waals surface area (Å²) in [5.41, 5.74) is 1.24. The molecule has 3 aromatic rings. The van der Waals surface area contributed by atoms with Gasteiger partial charge in [-0.2, -0.15) is 0 Å². The summed E-state index contributed by atoms with van der Waals surface area (Å²) < 4.78 is 30.6. The van der Waals surface area contributed by atoms with Gasteiger partial charge >= 0.3 is 0 Å². The Morgan fingerprint density at radius 2 is 1.90 bits per heavy atom. The van der Waals surface area contributed by atoms with Gasteiger partial charge in [-0.3, -0.25) is 15.0 Å². The number of hydrogen-bond acceptors (Lipinski definition) is 7. The SMILES string of the molecule is O=C(Nc1nc(CN2CCCCC2)cs1)c1occc1CS(=O)(=O)c1ccccc1. The van der Waals surface area contributed by atoms with E-state index in [4.69, 9.17) is 4.42 Å². The van der Waals surface area contributed by atoms with Gasteiger partial charge in [0.25, 0.3) is 5.91 Å². The number of benzene rings is 1. The average molecular weight is 446 g/mol. The first-order chi connectivity index (χ1) is 14.5. The summed E-state index contributed by atoms with van der Waals surface area (Å²) in [5.74, 6) is -0.826. The van der Waals surface area contributed by atoms with Gasteiger partial charge in [-0.15, -0.1) is 11.3 Å². The van der Waals surface area contributed by atoms with E-state index in [-0.39, 0.29) is 16.4 Å². The number of furan rings is 1. The summed E-state index contributed by atoms with van der Waals surface area (Å²) in [7, 11) is -3.58. The molecule has 2 aromatic heterocycles. The summed E-state index contributed by atoms with van der Waals surface area (Å²) in [6, 6.07) is 9.67. The number of carbonyl (C=O) groups is 1. The van der Waals surface area contributed by atoms with Crippen LogP contribution in [0.4, 0.5) is 5.13 Å². The van der Waals surface area contributed by atoms with Crippen LogP contribution in [-0.4, -0.2) is 37.3 Å². The van der Waals surface area contributed by atoms with Crippen LogP contribution in [0.25, 0.3) is 0 Å². The number of likely N-dealkylation sites (tertiary alicyclic amines) is 1. The van der Waals surface area contributed by atoms with Gasteiger partial charge in [0.15, 0.2) is 20.7 Å². The molecule has 0 unspecified atom stereocenters. The van der Waals surface area contributed by atoms with Crippen LogP contribution < -0.4 is 5.32 Å². The zero-order chi connectivity index (χ0) is 21.0. The first-order valence-corrected chi connectivity index (χ1v) is 12.4. The van der Waals surface area contributed by atoms with Gasteiger partial charge in [-0.1, -0.05) is 24.6 Å². The maximum atomic E-state index is 12.7. The normalized spacial score (nSPS) is 15.2. The third-order valence-corrected chi connectivity index (χ3v) is 7.50. The second-order valence-electron chi connectivity index (χ2n) is 7.28. The molecule has 158 valence electrons. The first-order valence-electron chi connectivity index (χ1n) is 9.83. The Labute approximate surface area is 179 Å². The third kappa shape index (κ3) is 4.97. The fraction of sp³-hybridized carbons (Fsp3) is 0.333. The molecule has 0 atom stereocenters. The number of thiazole rings is 1. The summed E-state index contributed by atoms with van der Waals surface area (Å²) in [6.45, 7) is 2.92. The Balaban J connectivity index is 1.42.